The van der Waals surface area contributed by atoms with E-state index in [1.165, 1.54) is 27.1 Å². The van der Waals surface area contributed by atoms with E-state index in [4.69, 9.17) is 4.74 Å². The molecule has 1 aliphatic heterocycles. The number of aryl methyl sites for hydroxylation is 2. The number of nitrogens with zero attached hydrogens (tertiary/aromatic N) is 4. The molecule has 192 valence electrons. The number of benzene rings is 2. The van der Waals surface area contributed by atoms with E-state index in [1.54, 1.807) is 56.6 Å². The van der Waals surface area contributed by atoms with Crippen molar-refractivity contribution < 1.29 is 17.5 Å². The van der Waals surface area contributed by atoms with Crippen LogP contribution < -0.4 is 15.6 Å². The van der Waals surface area contributed by atoms with Crippen molar-refractivity contribution >= 4 is 27.0 Å². The zero-order valence-electron chi connectivity index (χ0n) is 20.4. The van der Waals surface area contributed by atoms with E-state index in [0.29, 0.717) is 54.2 Å². The van der Waals surface area contributed by atoms with Gasteiger partial charge in [0.25, 0.3) is 5.56 Å². The maximum absolute atomic E-state index is 13.4. The predicted molar refractivity (Wildman–Crippen MR) is 138 cm³/mol. The van der Waals surface area contributed by atoms with Gasteiger partial charge in [-0.3, -0.25) is 9.36 Å². The molecule has 0 atom stereocenters. The van der Waals surface area contributed by atoms with E-state index in [1.807, 2.05) is 0 Å². The first kappa shape index (κ1) is 24.8. The number of aromatic nitrogens is 3. The molecular weight excluding hydrogens is 497 g/mol. The summed E-state index contributed by atoms with van der Waals surface area (Å²) in [6.45, 7) is 2.46. The van der Waals surface area contributed by atoms with Crippen LogP contribution in [0.25, 0.3) is 11.0 Å². The van der Waals surface area contributed by atoms with E-state index >= 15 is 0 Å². The summed E-state index contributed by atoms with van der Waals surface area (Å²) in [5, 5.41) is 3.88. The monoisotopic (exact) mass is 523 g/mol. The molecule has 1 fully saturated rings. The Hall–Kier alpha value is -3.83. The van der Waals surface area contributed by atoms with Crippen molar-refractivity contribution in [3.8, 4) is 11.5 Å². The van der Waals surface area contributed by atoms with Crippen LogP contribution in [0.5, 0.6) is 11.5 Å². The number of hydrogen-bond acceptors (Lipinski definition) is 7. The molecule has 4 aromatic rings. The fraction of sp³-hybridized carbons (Fsp3) is 0.269. The first-order chi connectivity index (χ1) is 17.7. The SMILES string of the molecule is Cc1cc(F)ccc1Oc1cc2cnc(NC3CCN(S(=O)(=O)c4ccccc4)CC3)nc2n(C)c1=O. The van der Waals surface area contributed by atoms with Crippen LogP contribution >= 0.6 is 0 Å². The number of ether oxygens (including phenoxy) is 1. The molecule has 0 saturated carbocycles. The minimum atomic E-state index is -3.52. The average molecular weight is 524 g/mol. The third-order valence-corrected chi connectivity index (χ3v) is 8.35. The maximum atomic E-state index is 13.4. The largest absolute Gasteiger partial charge is 0.451 e. The van der Waals surface area contributed by atoms with Gasteiger partial charge in [-0.15, -0.1) is 0 Å². The topological polar surface area (TPSA) is 106 Å². The van der Waals surface area contributed by atoms with Gasteiger partial charge in [0, 0.05) is 37.8 Å². The van der Waals surface area contributed by atoms with Crippen LogP contribution in [0.2, 0.25) is 0 Å². The quantitative estimate of drug-likeness (QED) is 0.409. The third-order valence-electron chi connectivity index (χ3n) is 6.44. The van der Waals surface area contributed by atoms with Crippen LogP contribution in [-0.2, 0) is 17.1 Å². The Morgan fingerprint density at radius 3 is 2.49 bits per heavy atom. The summed E-state index contributed by atoms with van der Waals surface area (Å²) in [7, 11) is -1.93. The number of nitrogens with one attached hydrogen (secondary N) is 1. The number of halogens is 1. The van der Waals surface area contributed by atoms with Crippen molar-refractivity contribution in [1.29, 1.82) is 0 Å². The molecule has 0 radical (unpaired) electrons. The third kappa shape index (κ3) is 5.05. The van der Waals surface area contributed by atoms with Crippen LogP contribution in [0.15, 0.2) is 70.5 Å². The molecule has 3 heterocycles. The van der Waals surface area contributed by atoms with E-state index in [2.05, 4.69) is 15.3 Å². The number of anilines is 1. The number of fused-ring (bicyclic) bond motifs is 1. The molecular formula is C26H26FN5O4S. The Kier molecular flexibility index (Phi) is 6.65. The van der Waals surface area contributed by atoms with E-state index in [0.717, 1.165) is 0 Å². The van der Waals surface area contributed by atoms with Gasteiger partial charge in [0.2, 0.25) is 16.0 Å². The first-order valence-corrected chi connectivity index (χ1v) is 13.3. The highest BCUT2D eigenvalue weighted by atomic mass is 32.2. The highest BCUT2D eigenvalue weighted by molar-refractivity contribution is 7.89. The minimum absolute atomic E-state index is 0.0132. The Balaban J connectivity index is 1.30. The van der Waals surface area contributed by atoms with Gasteiger partial charge in [-0.25, -0.2) is 17.8 Å². The van der Waals surface area contributed by atoms with Crippen LogP contribution in [0, 0.1) is 12.7 Å². The maximum Gasteiger partial charge on any atom is 0.294 e. The lowest BCUT2D eigenvalue weighted by atomic mass is 10.1. The van der Waals surface area contributed by atoms with E-state index in [9.17, 15) is 17.6 Å². The van der Waals surface area contributed by atoms with E-state index in [-0.39, 0.29) is 28.1 Å². The summed E-state index contributed by atoms with van der Waals surface area (Å²) in [5.74, 6) is 0.446. The molecule has 1 aliphatic rings. The number of sulfonamides is 1. The Morgan fingerprint density at radius 1 is 1.05 bits per heavy atom. The zero-order valence-corrected chi connectivity index (χ0v) is 21.2. The molecule has 2 aromatic carbocycles. The Labute approximate surface area is 213 Å². The predicted octanol–water partition coefficient (Wildman–Crippen LogP) is 3.83. The smallest absolute Gasteiger partial charge is 0.294 e. The highest BCUT2D eigenvalue weighted by Gasteiger charge is 2.29. The lowest BCUT2D eigenvalue weighted by Crippen LogP contribution is -2.42. The summed E-state index contributed by atoms with van der Waals surface area (Å²) in [6, 6.07) is 14.1. The Morgan fingerprint density at radius 2 is 1.78 bits per heavy atom. The van der Waals surface area contributed by atoms with Gasteiger partial charge < -0.3 is 10.1 Å². The van der Waals surface area contributed by atoms with Crippen molar-refractivity contribution in [1.82, 2.24) is 18.8 Å². The standard InChI is InChI=1S/C26H26FN5O4S/c1-17-14-19(27)8-9-22(17)36-23-15-18-16-28-26(30-24(18)31(2)25(23)33)29-20-10-12-32(13-11-20)37(34,35)21-6-4-3-5-7-21/h3-9,14-16,20H,10-13H2,1-2H3,(H,28,29,30). The normalized spacial score (nSPS) is 15.1. The van der Waals surface area contributed by atoms with Gasteiger partial charge in [0.05, 0.1) is 4.90 Å². The number of rotatable bonds is 6. The molecule has 1 N–H and O–H groups in total. The van der Waals surface area contributed by atoms with Gasteiger partial charge >= 0.3 is 0 Å². The average Bonchev–Trinajstić information content (AvgIpc) is 2.90. The molecule has 0 amide bonds. The molecule has 1 saturated heterocycles. The molecule has 37 heavy (non-hydrogen) atoms. The van der Waals surface area contributed by atoms with Crippen LogP contribution in [0.4, 0.5) is 10.3 Å². The minimum Gasteiger partial charge on any atom is -0.451 e. The van der Waals surface area contributed by atoms with Gasteiger partial charge in [-0.05, 0) is 61.7 Å². The fourth-order valence-electron chi connectivity index (χ4n) is 4.37. The van der Waals surface area contributed by atoms with Crippen molar-refractivity contribution in [2.75, 3.05) is 18.4 Å². The van der Waals surface area contributed by atoms with Crippen LogP contribution in [0.3, 0.4) is 0 Å². The first-order valence-electron chi connectivity index (χ1n) is 11.8. The second-order valence-electron chi connectivity index (χ2n) is 8.99. The summed E-state index contributed by atoms with van der Waals surface area (Å²) in [5.41, 5.74) is 0.607. The highest BCUT2D eigenvalue weighted by Crippen LogP contribution is 2.26. The van der Waals surface area contributed by atoms with E-state index < -0.39 is 10.0 Å². The molecule has 2 aromatic heterocycles. The van der Waals surface area contributed by atoms with Gasteiger partial charge in [0.1, 0.15) is 17.2 Å². The summed E-state index contributed by atoms with van der Waals surface area (Å²) < 4.78 is 47.8. The lowest BCUT2D eigenvalue weighted by molar-refractivity contribution is 0.329. The van der Waals surface area contributed by atoms with Crippen LogP contribution in [-0.4, -0.2) is 46.4 Å². The molecule has 5 rings (SSSR count). The molecule has 0 bridgehead atoms. The van der Waals surface area contributed by atoms with Gasteiger partial charge in [-0.1, -0.05) is 18.2 Å². The van der Waals surface area contributed by atoms with Crippen molar-refractivity contribution in [3.63, 3.8) is 0 Å². The number of pyridine rings is 1. The summed E-state index contributed by atoms with van der Waals surface area (Å²) in [4.78, 5) is 22.1. The molecule has 0 spiro atoms. The summed E-state index contributed by atoms with van der Waals surface area (Å²) in [6.07, 6.45) is 2.79. The molecule has 11 heteroatoms. The second-order valence-corrected chi connectivity index (χ2v) is 10.9. The number of piperidine rings is 1. The van der Waals surface area contributed by atoms with Gasteiger partial charge in [-0.2, -0.15) is 9.29 Å². The zero-order chi connectivity index (χ0) is 26.2. The van der Waals surface area contributed by atoms with Gasteiger partial charge in [0.15, 0.2) is 5.75 Å². The molecule has 9 nitrogen and oxygen atoms in total. The van der Waals surface area contributed by atoms with Crippen molar-refractivity contribution in [2.24, 2.45) is 7.05 Å². The molecule has 0 aliphatic carbocycles. The van der Waals surface area contributed by atoms with Crippen molar-refractivity contribution in [3.05, 3.63) is 82.5 Å². The second kappa shape index (κ2) is 9.91. The molecule has 0 unspecified atom stereocenters. The van der Waals surface area contributed by atoms with Crippen LogP contribution in [0.1, 0.15) is 18.4 Å². The summed E-state index contributed by atoms with van der Waals surface area (Å²) >= 11 is 0. The van der Waals surface area contributed by atoms with Crippen molar-refractivity contribution in [2.45, 2.75) is 30.7 Å². The Bertz CT molecular complexity index is 1620. The fourth-order valence-corrected chi connectivity index (χ4v) is 5.86. The lowest BCUT2D eigenvalue weighted by Gasteiger charge is -2.31. The number of hydrogen-bond donors (Lipinski definition) is 1.